The molecule has 0 aliphatic rings. The molecule has 2 aromatic rings. The van der Waals surface area contributed by atoms with E-state index in [1.165, 1.54) is 13.4 Å². The van der Waals surface area contributed by atoms with E-state index in [1.807, 2.05) is 0 Å². The highest BCUT2D eigenvalue weighted by Crippen LogP contribution is 2.43. The van der Waals surface area contributed by atoms with Crippen molar-refractivity contribution in [2.24, 2.45) is 0 Å². The van der Waals surface area contributed by atoms with Crippen LogP contribution in [0.1, 0.15) is 12.2 Å². The van der Waals surface area contributed by atoms with Crippen molar-refractivity contribution in [1.29, 1.82) is 0 Å². The first-order valence-corrected chi connectivity index (χ1v) is 7.13. The number of anilines is 1. The maximum Gasteiger partial charge on any atom is 0.354 e. The molecule has 0 amide bonds. The van der Waals surface area contributed by atoms with Crippen LogP contribution in [0.15, 0.2) is 6.33 Å². The molecule has 0 aliphatic carbocycles. The number of rotatable bonds is 5. The molecule has 104 valence electrons. The average molecular weight is 287 g/mol. The van der Waals surface area contributed by atoms with E-state index in [0.29, 0.717) is 17.0 Å². The summed E-state index contributed by atoms with van der Waals surface area (Å²) in [6.45, 7) is 0. The molecule has 0 spiro atoms. The molecule has 9 nitrogen and oxygen atoms in total. The van der Waals surface area contributed by atoms with Gasteiger partial charge in [-0.1, -0.05) is 0 Å². The molecular weight excluding hydrogens is 273 g/mol. The van der Waals surface area contributed by atoms with Gasteiger partial charge in [0.25, 0.3) is 0 Å². The summed E-state index contributed by atoms with van der Waals surface area (Å²) in [5, 5.41) is 0. The molecule has 2 aromatic heterocycles. The zero-order valence-electron chi connectivity index (χ0n) is 10.1. The Morgan fingerprint density at radius 3 is 2.89 bits per heavy atom. The predicted octanol–water partition coefficient (Wildman–Crippen LogP) is 0.0179. The lowest BCUT2D eigenvalue weighted by Crippen LogP contribution is -2.13. The number of H-pyrrole nitrogens is 1. The second-order valence-corrected chi connectivity index (χ2v) is 5.70. The molecule has 10 heteroatoms. The first-order valence-electron chi connectivity index (χ1n) is 5.45. The Morgan fingerprint density at radius 1 is 1.53 bits per heavy atom. The molecule has 19 heavy (non-hydrogen) atoms. The summed E-state index contributed by atoms with van der Waals surface area (Å²) in [7, 11) is -3.05. The molecule has 0 saturated heterocycles. The van der Waals surface area contributed by atoms with Crippen LogP contribution >= 0.6 is 7.60 Å². The van der Waals surface area contributed by atoms with Gasteiger partial charge in [-0.2, -0.15) is 0 Å². The lowest BCUT2D eigenvalue weighted by atomic mass is 10.3. The molecule has 5 N–H and O–H groups in total. The Kier molecular flexibility index (Phi) is 3.81. The Balaban J connectivity index is 2.15. The number of fused-ring (bicyclic) bond motifs is 1. The van der Waals surface area contributed by atoms with Crippen LogP contribution in [0.25, 0.3) is 11.2 Å². The van der Waals surface area contributed by atoms with Crippen molar-refractivity contribution in [1.82, 2.24) is 19.9 Å². The SMILES string of the molecule is COC(CCc1nc(N)c2[nH]cnc2n1)P(=O)(O)O. The summed E-state index contributed by atoms with van der Waals surface area (Å²) in [6.07, 6.45) is 1.78. The van der Waals surface area contributed by atoms with E-state index in [1.54, 1.807) is 0 Å². The molecule has 0 bridgehead atoms. The van der Waals surface area contributed by atoms with Gasteiger partial charge in [-0.15, -0.1) is 0 Å². The third kappa shape index (κ3) is 3.07. The van der Waals surface area contributed by atoms with Gasteiger partial charge in [0.15, 0.2) is 17.3 Å². The molecule has 2 rings (SSSR count). The van der Waals surface area contributed by atoms with Gasteiger partial charge in [-0.25, -0.2) is 15.0 Å². The van der Waals surface area contributed by atoms with Crippen LogP contribution in [0.2, 0.25) is 0 Å². The van der Waals surface area contributed by atoms with Crippen molar-refractivity contribution in [2.75, 3.05) is 12.8 Å². The smallest absolute Gasteiger partial charge is 0.354 e. The summed E-state index contributed by atoms with van der Waals surface area (Å²) in [6, 6.07) is 0. The minimum Gasteiger partial charge on any atom is -0.382 e. The number of hydrogen-bond acceptors (Lipinski definition) is 6. The standard InChI is InChI=1S/C9H14N5O4P/c1-18-6(19(15,16)17)3-2-5-13-8(10)7-9(14-5)12-4-11-7/h4,6H,2-3H2,1H3,(H2,15,16,17)(H3,10,11,12,13,14). The average Bonchev–Trinajstić information content (AvgIpc) is 2.76. The zero-order chi connectivity index (χ0) is 14.0. The monoisotopic (exact) mass is 287 g/mol. The first kappa shape index (κ1) is 13.9. The Morgan fingerprint density at radius 2 is 2.26 bits per heavy atom. The van der Waals surface area contributed by atoms with Crippen molar-refractivity contribution >= 4 is 24.6 Å². The number of methoxy groups -OCH3 is 1. The van der Waals surface area contributed by atoms with Gasteiger partial charge in [0.05, 0.1) is 6.33 Å². The third-order valence-corrected chi connectivity index (χ3v) is 3.84. The molecule has 0 fully saturated rings. The molecule has 1 atom stereocenters. The van der Waals surface area contributed by atoms with E-state index in [2.05, 4.69) is 19.9 Å². The van der Waals surface area contributed by atoms with Crippen molar-refractivity contribution in [2.45, 2.75) is 18.7 Å². The summed E-state index contributed by atoms with van der Waals surface area (Å²) >= 11 is 0. The van der Waals surface area contributed by atoms with Crippen molar-refractivity contribution in [3.8, 4) is 0 Å². The number of nitrogens with two attached hydrogens (primary N) is 1. The third-order valence-electron chi connectivity index (χ3n) is 2.62. The van der Waals surface area contributed by atoms with Gasteiger partial charge in [0, 0.05) is 13.5 Å². The summed E-state index contributed by atoms with van der Waals surface area (Å²) in [5.41, 5.74) is 6.69. The van der Waals surface area contributed by atoms with Crippen LogP contribution in [-0.4, -0.2) is 42.7 Å². The number of imidazole rings is 1. The number of ether oxygens (including phenoxy) is 1. The van der Waals surface area contributed by atoms with Gasteiger partial charge in [0.1, 0.15) is 11.3 Å². The summed E-state index contributed by atoms with van der Waals surface area (Å²) in [4.78, 5) is 33.1. The highest BCUT2D eigenvalue weighted by Gasteiger charge is 2.28. The van der Waals surface area contributed by atoms with Gasteiger partial charge in [0.2, 0.25) is 0 Å². The second kappa shape index (κ2) is 5.22. The minimum atomic E-state index is -4.29. The van der Waals surface area contributed by atoms with E-state index in [4.69, 9.17) is 20.3 Å². The number of aromatic nitrogens is 4. The van der Waals surface area contributed by atoms with Crippen LogP contribution < -0.4 is 5.73 Å². The van der Waals surface area contributed by atoms with E-state index in [0.717, 1.165) is 0 Å². The normalized spacial score (nSPS) is 13.8. The fourth-order valence-corrected chi connectivity index (χ4v) is 2.43. The summed E-state index contributed by atoms with van der Waals surface area (Å²) in [5.74, 6) is -0.553. The maximum atomic E-state index is 11.1. The van der Waals surface area contributed by atoms with Crippen LogP contribution in [0, 0.1) is 0 Å². The fraction of sp³-hybridized carbons (Fsp3) is 0.444. The van der Waals surface area contributed by atoms with E-state index < -0.39 is 13.4 Å². The molecule has 0 radical (unpaired) electrons. The van der Waals surface area contributed by atoms with Gasteiger partial charge in [-0.3, -0.25) is 4.57 Å². The molecule has 2 heterocycles. The first-order chi connectivity index (χ1) is 8.91. The van der Waals surface area contributed by atoms with Gasteiger partial charge < -0.3 is 25.2 Å². The highest BCUT2D eigenvalue weighted by atomic mass is 31.2. The van der Waals surface area contributed by atoms with Gasteiger partial charge >= 0.3 is 7.60 Å². The number of aryl methyl sites for hydroxylation is 1. The summed E-state index contributed by atoms with van der Waals surface area (Å²) < 4.78 is 15.9. The van der Waals surface area contributed by atoms with Crippen LogP contribution in [0.3, 0.4) is 0 Å². The van der Waals surface area contributed by atoms with Crippen LogP contribution in [-0.2, 0) is 15.7 Å². The van der Waals surface area contributed by atoms with Crippen molar-refractivity contribution in [3.05, 3.63) is 12.2 Å². The topological polar surface area (TPSA) is 147 Å². The Bertz CT molecular complexity index is 624. The van der Waals surface area contributed by atoms with Crippen molar-refractivity contribution < 1.29 is 19.1 Å². The number of aromatic amines is 1. The maximum absolute atomic E-state index is 11.1. The number of nitrogens with one attached hydrogen (secondary N) is 1. The van der Waals surface area contributed by atoms with Gasteiger partial charge in [-0.05, 0) is 6.42 Å². The molecular formula is C9H14N5O4P. The highest BCUT2D eigenvalue weighted by molar-refractivity contribution is 7.52. The number of nitrogen functional groups attached to an aromatic ring is 1. The number of hydrogen-bond donors (Lipinski definition) is 4. The van der Waals surface area contributed by atoms with Crippen LogP contribution in [0.4, 0.5) is 5.82 Å². The molecule has 0 aromatic carbocycles. The van der Waals surface area contributed by atoms with E-state index in [9.17, 15) is 4.57 Å². The van der Waals surface area contributed by atoms with Crippen LogP contribution in [0.5, 0.6) is 0 Å². The van der Waals surface area contributed by atoms with Crippen molar-refractivity contribution in [3.63, 3.8) is 0 Å². The minimum absolute atomic E-state index is 0.0934. The molecule has 0 saturated carbocycles. The quantitative estimate of drug-likeness (QED) is 0.562. The lowest BCUT2D eigenvalue weighted by molar-refractivity contribution is 0.129. The Hall–Kier alpha value is -1.54. The Labute approximate surface area is 108 Å². The zero-order valence-corrected chi connectivity index (χ0v) is 11.0. The predicted molar refractivity (Wildman–Crippen MR) is 67.3 cm³/mol. The number of nitrogens with zero attached hydrogens (tertiary/aromatic N) is 3. The molecule has 1 unspecified atom stereocenters. The van der Waals surface area contributed by atoms with E-state index >= 15 is 0 Å². The lowest BCUT2D eigenvalue weighted by Gasteiger charge is -2.15. The van der Waals surface area contributed by atoms with E-state index in [-0.39, 0.29) is 18.7 Å². The molecule has 0 aliphatic heterocycles. The fourth-order valence-electron chi connectivity index (χ4n) is 1.69. The second-order valence-electron chi connectivity index (χ2n) is 3.94. The largest absolute Gasteiger partial charge is 0.382 e.